The summed E-state index contributed by atoms with van der Waals surface area (Å²) in [6.07, 6.45) is 6.72. The number of hydrogen-bond acceptors (Lipinski definition) is 4. The van der Waals surface area contributed by atoms with Gasteiger partial charge in [0, 0.05) is 56.6 Å². The van der Waals surface area contributed by atoms with E-state index in [1.54, 1.807) is 6.26 Å². The molecule has 4 aliphatic rings. The van der Waals surface area contributed by atoms with Crippen molar-refractivity contribution < 1.29 is 14.0 Å². The molecule has 0 saturated carbocycles. The summed E-state index contributed by atoms with van der Waals surface area (Å²) in [5, 5.41) is 0. The molecule has 4 aliphatic heterocycles. The first-order chi connectivity index (χ1) is 19.5. The predicted molar refractivity (Wildman–Crippen MR) is 168 cm³/mol. The molecule has 0 radical (unpaired) electrons. The van der Waals surface area contributed by atoms with E-state index in [4.69, 9.17) is 4.42 Å². The summed E-state index contributed by atoms with van der Waals surface area (Å²) in [7, 11) is 0. The zero-order valence-electron chi connectivity index (χ0n) is 26.0. The van der Waals surface area contributed by atoms with Crippen molar-refractivity contribution in [3.05, 3.63) is 60.1 Å². The van der Waals surface area contributed by atoms with Crippen LogP contribution in [-0.4, -0.2) is 81.4 Å². The molecular formula is C34H49ClN4O3. The third-order valence-corrected chi connectivity index (χ3v) is 10.1. The molecule has 230 valence electrons. The number of amides is 3. The monoisotopic (exact) mass is 596 g/mol. The number of piperidine rings is 1. The van der Waals surface area contributed by atoms with Gasteiger partial charge in [-0.05, 0) is 68.6 Å². The summed E-state index contributed by atoms with van der Waals surface area (Å²) >= 11 is 0. The van der Waals surface area contributed by atoms with E-state index in [9.17, 15) is 9.59 Å². The average molecular weight is 597 g/mol. The third-order valence-electron chi connectivity index (χ3n) is 10.1. The second-order valence-electron chi connectivity index (χ2n) is 14.7. The van der Waals surface area contributed by atoms with Gasteiger partial charge in [0.2, 0.25) is 5.91 Å². The Hall–Kier alpha value is -2.51. The molecule has 4 fully saturated rings. The number of likely N-dealkylation sites (tertiary alicyclic amines) is 1. The van der Waals surface area contributed by atoms with Gasteiger partial charge < -0.3 is 19.1 Å². The SMILES string of the molecule is CC(C)N1C(=O)N(Cc2ccco2)CC12CC1CCC(C2)N1C[C@H]1CN(C(=O)CC(C)(C)C)C[C@@H]1c1ccccc1.Cl. The Balaban J connectivity index is 0.00000353. The number of benzene rings is 1. The van der Waals surface area contributed by atoms with Gasteiger partial charge in [-0.3, -0.25) is 9.69 Å². The van der Waals surface area contributed by atoms with Crippen molar-refractivity contribution in [2.24, 2.45) is 11.3 Å². The lowest BCUT2D eigenvalue weighted by Crippen LogP contribution is -2.60. The first kappa shape index (κ1) is 30.9. The Morgan fingerprint density at radius 2 is 1.71 bits per heavy atom. The number of carbonyl (C=O) groups excluding carboxylic acids is 2. The highest BCUT2D eigenvalue weighted by Gasteiger charge is 2.58. The molecule has 8 heteroatoms. The van der Waals surface area contributed by atoms with Crippen LogP contribution in [0.3, 0.4) is 0 Å². The van der Waals surface area contributed by atoms with Crippen molar-refractivity contribution in [3.8, 4) is 0 Å². The fraction of sp³-hybridized carbons (Fsp3) is 0.647. The van der Waals surface area contributed by atoms with E-state index < -0.39 is 0 Å². The second-order valence-corrected chi connectivity index (χ2v) is 14.7. The summed E-state index contributed by atoms with van der Waals surface area (Å²) in [6.45, 7) is 14.8. The molecular weight excluding hydrogens is 548 g/mol. The smallest absolute Gasteiger partial charge is 0.321 e. The topological polar surface area (TPSA) is 60.2 Å². The fourth-order valence-corrected chi connectivity index (χ4v) is 8.55. The molecule has 5 heterocycles. The van der Waals surface area contributed by atoms with Crippen LogP contribution in [-0.2, 0) is 11.3 Å². The molecule has 2 bridgehead atoms. The molecule has 1 spiro atoms. The highest BCUT2D eigenvalue weighted by atomic mass is 35.5. The van der Waals surface area contributed by atoms with Crippen molar-refractivity contribution in [3.63, 3.8) is 0 Å². The van der Waals surface area contributed by atoms with Crippen LogP contribution in [0.2, 0.25) is 0 Å². The molecule has 2 aromatic rings. The minimum Gasteiger partial charge on any atom is -0.467 e. The number of halogens is 1. The highest BCUT2D eigenvalue weighted by Crippen LogP contribution is 2.49. The maximum Gasteiger partial charge on any atom is 0.321 e. The molecule has 4 atom stereocenters. The molecule has 0 aliphatic carbocycles. The van der Waals surface area contributed by atoms with Crippen molar-refractivity contribution in [2.45, 2.75) is 103 Å². The standard InChI is InChI=1S/C34H48N4O3.ClH/c1-24(2)38-32(40)36(21-29-12-9-15-41-29)23-34(38)16-27-13-14-28(17-34)37(27)20-26-19-35(31(39)18-33(3,4)5)22-30(26)25-10-7-6-8-11-25;/h6-12,15,24,26-28,30H,13-14,16-23H2,1-5H3;1H/t26-,27?,28?,30-,34?;/m1./s1. The lowest BCUT2D eigenvalue weighted by Gasteiger charge is -2.50. The maximum absolute atomic E-state index is 13.7. The van der Waals surface area contributed by atoms with Gasteiger partial charge in [0.05, 0.1) is 18.3 Å². The van der Waals surface area contributed by atoms with E-state index >= 15 is 0 Å². The minimum atomic E-state index is -0.122. The van der Waals surface area contributed by atoms with Crippen LogP contribution >= 0.6 is 12.4 Å². The molecule has 7 nitrogen and oxygen atoms in total. The van der Waals surface area contributed by atoms with Gasteiger partial charge in [0.1, 0.15) is 5.76 Å². The van der Waals surface area contributed by atoms with Gasteiger partial charge in [-0.25, -0.2) is 4.79 Å². The fourth-order valence-electron chi connectivity index (χ4n) is 8.55. The van der Waals surface area contributed by atoms with E-state index in [1.165, 1.54) is 18.4 Å². The van der Waals surface area contributed by atoms with Gasteiger partial charge in [0.25, 0.3) is 0 Å². The molecule has 42 heavy (non-hydrogen) atoms. The van der Waals surface area contributed by atoms with E-state index in [0.717, 1.165) is 44.8 Å². The van der Waals surface area contributed by atoms with Gasteiger partial charge in [-0.15, -0.1) is 12.4 Å². The van der Waals surface area contributed by atoms with Gasteiger partial charge in [0.15, 0.2) is 0 Å². The summed E-state index contributed by atoms with van der Waals surface area (Å²) in [4.78, 5) is 36.2. The largest absolute Gasteiger partial charge is 0.467 e. The summed E-state index contributed by atoms with van der Waals surface area (Å²) in [5.74, 6) is 1.91. The van der Waals surface area contributed by atoms with Crippen LogP contribution in [0, 0.1) is 11.3 Å². The lowest BCUT2D eigenvalue weighted by atomic mass is 9.80. The van der Waals surface area contributed by atoms with E-state index in [-0.39, 0.29) is 41.3 Å². The van der Waals surface area contributed by atoms with Crippen molar-refractivity contribution >= 4 is 24.3 Å². The van der Waals surface area contributed by atoms with Crippen molar-refractivity contribution in [1.29, 1.82) is 0 Å². The molecule has 1 aromatic carbocycles. The van der Waals surface area contributed by atoms with Gasteiger partial charge in [-0.1, -0.05) is 51.1 Å². The van der Waals surface area contributed by atoms with E-state index in [0.29, 0.717) is 36.9 Å². The Kier molecular flexibility index (Phi) is 8.75. The Morgan fingerprint density at radius 3 is 2.31 bits per heavy atom. The first-order valence-electron chi connectivity index (χ1n) is 15.7. The zero-order chi connectivity index (χ0) is 28.9. The van der Waals surface area contributed by atoms with Crippen LogP contribution in [0.15, 0.2) is 53.1 Å². The Bertz CT molecular complexity index is 1210. The molecule has 6 rings (SSSR count). The maximum atomic E-state index is 13.7. The minimum absolute atomic E-state index is 0. The average Bonchev–Trinajstić information content (AvgIpc) is 3.67. The number of urea groups is 1. The zero-order valence-corrected chi connectivity index (χ0v) is 26.8. The van der Waals surface area contributed by atoms with Crippen LogP contribution in [0.5, 0.6) is 0 Å². The summed E-state index contributed by atoms with van der Waals surface area (Å²) < 4.78 is 5.61. The van der Waals surface area contributed by atoms with Crippen molar-refractivity contribution in [1.82, 2.24) is 19.6 Å². The number of carbonyl (C=O) groups is 2. The summed E-state index contributed by atoms with van der Waals surface area (Å²) in [6, 6.07) is 16.0. The molecule has 2 unspecified atom stereocenters. The molecule has 1 aromatic heterocycles. The first-order valence-corrected chi connectivity index (χ1v) is 15.7. The highest BCUT2D eigenvalue weighted by molar-refractivity contribution is 5.85. The quantitative estimate of drug-likeness (QED) is 0.371. The third kappa shape index (κ3) is 5.96. The summed E-state index contributed by atoms with van der Waals surface area (Å²) in [5.41, 5.74) is 1.22. The van der Waals surface area contributed by atoms with Crippen molar-refractivity contribution in [2.75, 3.05) is 26.2 Å². The number of hydrogen-bond donors (Lipinski definition) is 0. The van der Waals surface area contributed by atoms with E-state index in [1.807, 2.05) is 17.0 Å². The Labute approximate surface area is 258 Å². The Morgan fingerprint density at radius 1 is 1.02 bits per heavy atom. The van der Waals surface area contributed by atoms with Crippen LogP contribution in [0.25, 0.3) is 0 Å². The second kappa shape index (κ2) is 11.9. The van der Waals surface area contributed by atoms with E-state index in [2.05, 4.69) is 79.7 Å². The van der Waals surface area contributed by atoms with Gasteiger partial charge >= 0.3 is 6.03 Å². The lowest BCUT2D eigenvalue weighted by molar-refractivity contribution is -0.132. The predicted octanol–water partition coefficient (Wildman–Crippen LogP) is 6.39. The van der Waals surface area contributed by atoms with Crippen LogP contribution in [0.4, 0.5) is 4.79 Å². The molecule has 0 N–H and O–H groups in total. The van der Waals surface area contributed by atoms with Crippen LogP contribution < -0.4 is 0 Å². The number of furan rings is 1. The van der Waals surface area contributed by atoms with Crippen LogP contribution in [0.1, 0.15) is 84.0 Å². The number of fused-ring (bicyclic) bond motifs is 2. The number of nitrogens with zero attached hydrogens (tertiary/aromatic N) is 4. The van der Waals surface area contributed by atoms with Gasteiger partial charge in [-0.2, -0.15) is 0 Å². The molecule has 3 amide bonds. The normalized spacial score (nSPS) is 29.7. The molecule has 4 saturated heterocycles. The number of rotatable bonds is 7.